The summed E-state index contributed by atoms with van der Waals surface area (Å²) >= 11 is 0. The molecular formula is C17H17FN2. The van der Waals surface area contributed by atoms with Gasteiger partial charge in [0.05, 0.1) is 11.3 Å². The van der Waals surface area contributed by atoms with Gasteiger partial charge in [-0.2, -0.15) is 5.26 Å². The van der Waals surface area contributed by atoms with E-state index in [9.17, 15) is 4.39 Å². The minimum atomic E-state index is -0.395. The highest BCUT2D eigenvalue weighted by Crippen LogP contribution is 2.18. The standard InChI is InChI=1S/C17H17FN2/c1-12(2)14-5-3-13(4-6-14)11-20-17-8-7-16(18)9-15(17)10-19/h3-9,12,20H,11H2,1-2H3. The molecule has 0 saturated heterocycles. The van der Waals surface area contributed by atoms with Crippen molar-refractivity contribution in [2.75, 3.05) is 5.32 Å². The first-order chi connectivity index (χ1) is 9.60. The Kier molecular flexibility index (Phi) is 4.37. The highest BCUT2D eigenvalue weighted by atomic mass is 19.1. The average molecular weight is 268 g/mol. The molecule has 1 N–H and O–H groups in total. The van der Waals surface area contributed by atoms with E-state index in [0.717, 1.165) is 5.56 Å². The van der Waals surface area contributed by atoms with E-state index in [1.165, 1.54) is 17.7 Å². The fourth-order valence-corrected chi connectivity index (χ4v) is 1.98. The highest BCUT2D eigenvalue weighted by molar-refractivity contribution is 5.57. The van der Waals surface area contributed by atoms with Gasteiger partial charge in [-0.25, -0.2) is 4.39 Å². The Bertz CT molecular complexity index is 624. The number of nitrogens with zero attached hydrogens (tertiary/aromatic N) is 1. The van der Waals surface area contributed by atoms with Crippen molar-refractivity contribution in [2.45, 2.75) is 26.3 Å². The van der Waals surface area contributed by atoms with Crippen LogP contribution in [0.5, 0.6) is 0 Å². The Morgan fingerprint density at radius 1 is 1.15 bits per heavy atom. The van der Waals surface area contributed by atoms with Gasteiger partial charge in [0.25, 0.3) is 0 Å². The van der Waals surface area contributed by atoms with E-state index in [4.69, 9.17) is 5.26 Å². The second kappa shape index (κ2) is 6.21. The summed E-state index contributed by atoms with van der Waals surface area (Å²) in [5.41, 5.74) is 3.40. The van der Waals surface area contributed by atoms with Crippen LogP contribution in [0.15, 0.2) is 42.5 Å². The second-order valence-electron chi connectivity index (χ2n) is 5.05. The maximum Gasteiger partial charge on any atom is 0.124 e. The molecule has 0 aromatic heterocycles. The van der Waals surface area contributed by atoms with Crippen molar-refractivity contribution in [1.82, 2.24) is 0 Å². The van der Waals surface area contributed by atoms with Gasteiger partial charge in [0.2, 0.25) is 0 Å². The number of rotatable bonds is 4. The molecule has 0 heterocycles. The van der Waals surface area contributed by atoms with Crippen LogP contribution in [0.25, 0.3) is 0 Å². The lowest BCUT2D eigenvalue weighted by atomic mass is 10.0. The summed E-state index contributed by atoms with van der Waals surface area (Å²) in [6.07, 6.45) is 0. The number of nitrogens with one attached hydrogen (secondary N) is 1. The summed E-state index contributed by atoms with van der Waals surface area (Å²) in [5.74, 6) is 0.118. The first-order valence-corrected chi connectivity index (χ1v) is 6.62. The smallest absolute Gasteiger partial charge is 0.124 e. The van der Waals surface area contributed by atoms with Crippen LogP contribution in [0, 0.1) is 17.1 Å². The van der Waals surface area contributed by atoms with Crippen molar-refractivity contribution in [3.05, 3.63) is 65.0 Å². The predicted molar refractivity (Wildman–Crippen MR) is 79.0 cm³/mol. The zero-order chi connectivity index (χ0) is 14.5. The molecular weight excluding hydrogens is 251 g/mol. The molecule has 0 aliphatic heterocycles. The summed E-state index contributed by atoms with van der Waals surface area (Å²) < 4.78 is 13.0. The van der Waals surface area contributed by atoms with E-state index >= 15 is 0 Å². The normalized spacial score (nSPS) is 10.3. The molecule has 2 nitrogen and oxygen atoms in total. The molecule has 0 atom stereocenters. The van der Waals surface area contributed by atoms with Crippen molar-refractivity contribution < 1.29 is 4.39 Å². The Morgan fingerprint density at radius 2 is 1.85 bits per heavy atom. The average Bonchev–Trinajstić information content (AvgIpc) is 2.46. The summed E-state index contributed by atoms with van der Waals surface area (Å²) in [6.45, 7) is 4.93. The molecule has 0 radical (unpaired) electrons. The van der Waals surface area contributed by atoms with Gasteiger partial charge < -0.3 is 5.32 Å². The van der Waals surface area contributed by atoms with Crippen molar-refractivity contribution in [2.24, 2.45) is 0 Å². The zero-order valence-corrected chi connectivity index (χ0v) is 11.7. The zero-order valence-electron chi connectivity index (χ0n) is 11.7. The van der Waals surface area contributed by atoms with Gasteiger partial charge in [0.15, 0.2) is 0 Å². The van der Waals surface area contributed by atoms with Crippen LogP contribution >= 0.6 is 0 Å². The molecule has 0 aliphatic rings. The Balaban J connectivity index is 2.07. The van der Waals surface area contributed by atoms with E-state index in [2.05, 4.69) is 43.4 Å². The third kappa shape index (κ3) is 3.36. The van der Waals surface area contributed by atoms with E-state index in [1.807, 2.05) is 6.07 Å². The van der Waals surface area contributed by atoms with E-state index in [1.54, 1.807) is 6.07 Å². The largest absolute Gasteiger partial charge is 0.380 e. The van der Waals surface area contributed by atoms with Gasteiger partial charge in [-0.15, -0.1) is 0 Å². The Morgan fingerprint density at radius 3 is 2.45 bits per heavy atom. The molecule has 0 saturated carbocycles. The maximum absolute atomic E-state index is 13.0. The topological polar surface area (TPSA) is 35.8 Å². The first kappa shape index (κ1) is 14.1. The summed E-state index contributed by atoms with van der Waals surface area (Å²) in [5, 5.41) is 12.1. The van der Waals surface area contributed by atoms with Crippen molar-refractivity contribution in [3.63, 3.8) is 0 Å². The van der Waals surface area contributed by atoms with Gasteiger partial charge in [-0.1, -0.05) is 38.1 Å². The SMILES string of the molecule is CC(C)c1ccc(CNc2ccc(F)cc2C#N)cc1. The van der Waals surface area contributed by atoms with Crippen LogP contribution in [0.1, 0.15) is 36.5 Å². The summed E-state index contributed by atoms with van der Waals surface area (Å²) in [6, 6.07) is 14.5. The van der Waals surface area contributed by atoms with Crippen molar-refractivity contribution >= 4 is 5.69 Å². The van der Waals surface area contributed by atoms with Gasteiger partial charge in [-0.3, -0.25) is 0 Å². The van der Waals surface area contributed by atoms with Gasteiger partial charge in [0, 0.05) is 6.54 Å². The highest BCUT2D eigenvalue weighted by Gasteiger charge is 2.04. The van der Waals surface area contributed by atoms with E-state index in [0.29, 0.717) is 23.7 Å². The third-order valence-electron chi connectivity index (χ3n) is 3.23. The third-order valence-corrected chi connectivity index (χ3v) is 3.23. The molecule has 102 valence electrons. The lowest BCUT2D eigenvalue weighted by Gasteiger charge is -2.10. The summed E-state index contributed by atoms with van der Waals surface area (Å²) in [4.78, 5) is 0. The fourth-order valence-electron chi connectivity index (χ4n) is 1.98. The molecule has 0 spiro atoms. The number of anilines is 1. The Labute approximate surface area is 118 Å². The number of nitriles is 1. The number of benzene rings is 2. The Hall–Kier alpha value is -2.34. The fraction of sp³-hybridized carbons (Fsp3) is 0.235. The van der Waals surface area contributed by atoms with Crippen LogP contribution in [0.4, 0.5) is 10.1 Å². The molecule has 2 aromatic carbocycles. The van der Waals surface area contributed by atoms with Crippen LogP contribution < -0.4 is 5.32 Å². The van der Waals surface area contributed by atoms with Crippen LogP contribution in [-0.4, -0.2) is 0 Å². The van der Waals surface area contributed by atoms with Crippen LogP contribution in [0.3, 0.4) is 0 Å². The number of halogens is 1. The van der Waals surface area contributed by atoms with Gasteiger partial charge in [-0.05, 0) is 35.2 Å². The molecule has 2 aromatic rings. The monoisotopic (exact) mass is 268 g/mol. The predicted octanol–water partition coefficient (Wildman–Crippen LogP) is 4.43. The molecule has 2 rings (SSSR count). The molecule has 20 heavy (non-hydrogen) atoms. The van der Waals surface area contributed by atoms with Crippen molar-refractivity contribution in [3.8, 4) is 6.07 Å². The van der Waals surface area contributed by atoms with Crippen molar-refractivity contribution in [1.29, 1.82) is 5.26 Å². The molecule has 0 aliphatic carbocycles. The lowest BCUT2D eigenvalue weighted by Crippen LogP contribution is -2.02. The quantitative estimate of drug-likeness (QED) is 0.890. The maximum atomic E-state index is 13.0. The summed E-state index contributed by atoms with van der Waals surface area (Å²) in [7, 11) is 0. The first-order valence-electron chi connectivity index (χ1n) is 6.62. The minimum Gasteiger partial charge on any atom is -0.380 e. The molecule has 0 unspecified atom stereocenters. The molecule has 3 heteroatoms. The lowest BCUT2D eigenvalue weighted by molar-refractivity contribution is 0.627. The van der Waals surface area contributed by atoms with Crippen LogP contribution in [0.2, 0.25) is 0 Å². The van der Waals surface area contributed by atoms with Gasteiger partial charge >= 0.3 is 0 Å². The minimum absolute atomic E-state index is 0.323. The number of hydrogen-bond donors (Lipinski definition) is 1. The molecule has 0 amide bonds. The van der Waals surface area contributed by atoms with Crippen LogP contribution in [-0.2, 0) is 6.54 Å². The number of hydrogen-bond acceptors (Lipinski definition) is 2. The van der Waals surface area contributed by atoms with E-state index in [-0.39, 0.29) is 0 Å². The second-order valence-corrected chi connectivity index (χ2v) is 5.05. The van der Waals surface area contributed by atoms with E-state index < -0.39 is 5.82 Å². The molecule has 0 fully saturated rings. The molecule has 0 bridgehead atoms. The van der Waals surface area contributed by atoms with Gasteiger partial charge in [0.1, 0.15) is 11.9 Å².